The van der Waals surface area contributed by atoms with Crippen molar-refractivity contribution in [3.63, 3.8) is 0 Å². The molecule has 2 aromatic rings. The Labute approximate surface area is 109 Å². The van der Waals surface area contributed by atoms with E-state index in [1.807, 2.05) is 48.5 Å². The molecule has 0 amide bonds. The summed E-state index contributed by atoms with van der Waals surface area (Å²) >= 11 is 0. The molecule has 2 aromatic carbocycles. The summed E-state index contributed by atoms with van der Waals surface area (Å²) in [7, 11) is 0. The van der Waals surface area contributed by atoms with Gasteiger partial charge in [-0.2, -0.15) is 0 Å². The first-order chi connectivity index (χ1) is 8.66. The van der Waals surface area contributed by atoms with Crippen LogP contribution >= 0.6 is 0 Å². The summed E-state index contributed by atoms with van der Waals surface area (Å²) in [6.45, 7) is 4.11. The smallest absolute Gasteiger partial charge is 0.122 e. The summed E-state index contributed by atoms with van der Waals surface area (Å²) in [5.41, 5.74) is 0.860. The summed E-state index contributed by atoms with van der Waals surface area (Å²) in [5, 5.41) is 0. The van der Waals surface area contributed by atoms with Crippen molar-refractivity contribution in [1.82, 2.24) is 0 Å². The van der Waals surface area contributed by atoms with Gasteiger partial charge in [0.2, 0.25) is 0 Å². The number of rotatable bonds is 4. The summed E-state index contributed by atoms with van der Waals surface area (Å²) < 4.78 is 5.94. The maximum Gasteiger partial charge on any atom is 0.122 e. The minimum atomic E-state index is -0.322. The number of benzene rings is 2. The molecule has 0 fully saturated rings. The second kappa shape index (κ2) is 5.54. The first-order valence-corrected chi connectivity index (χ1v) is 6.14. The van der Waals surface area contributed by atoms with E-state index >= 15 is 0 Å². The summed E-state index contributed by atoms with van der Waals surface area (Å²) in [4.78, 5) is 0. The summed E-state index contributed by atoms with van der Waals surface area (Å²) in [5.74, 6) is 0.889. The van der Waals surface area contributed by atoms with E-state index in [0.717, 1.165) is 5.75 Å². The highest BCUT2D eigenvalue weighted by atomic mass is 16.5. The van der Waals surface area contributed by atoms with Crippen molar-refractivity contribution in [1.29, 1.82) is 0 Å². The lowest BCUT2D eigenvalue weighted by atomic mass is 10.1. The molecule has 0 saturated carbocycles. The first-order valence-electron chi connectivity index (χ1n) is 6.14. The fourth-order valence-electron chi connectivity index (χ4n) is 1.69. The van der Waals surface area contributed by atoms with Crippen molar-refractivity contribution < 1.29 is 4.74 Å². The highest BCUT2D eigenvalue weighted by molar-refractivity contribution is 5.50. The zero-order chi connectivity index (χ0) is 12.8. The molecule has 0 aliphatic carbocycles. The van der Waals surface area contributed by atoms with Crippen LogP contribution in [0.25, 0.3) is 6.08 Å². The quantitative estimate of drug-likeness (QED) is 0.758. The minimum absolute atomic E-state index is 0.322. The largest absolute Gasteiger partial charge is 0.484 e. The Morgan fingerprint density at radius 2 is 1.39 bits per heavy atom. The second-order valence-electron chi connectivity index (χ2n) is 4.76. The lowest BCUT2D eigenvalue weighted by Gasteiger charge is -2.22. The minimum Gasteiger partial charge on any atom is -0.484 e. The van der Waals surface area contributed by atoms with Gasteiger partial charge in [-0.25, -0.2) is 0 Å². The first kappa shape index (κ1) is 12.4. The third-order valence-electron chi connectivity index (χ3n) is 2.60. The standard InChI is InChI=1S/C17H18O/c1-17(2,18-16-11-7-4-8-12-16)14-13-15-9-5-3-6-10-15/h3-14H,1-2H3/b14-13+. The van der Waals surface area contributed by atoms with Crippen LogP contribution in [-0.4, -0.2) is 5.60 Å². The van der Waals surface area contributed by atoms with Crippen LogP contribution < -0.4 is 4.74 Å². The van der Waals surface area contributed by atoms with E-state index in [4.69, 9.17) is 4.74 Å². The van der Waals surface area contributed by atoms with E-state index in [-0.39, 0.29) is 5.60 Å². The maximum atomic E-state index is 5.94. The van der Waals surface area contributed by atoms with Crippen molar-refractivity contribution in [3.8, 4) is 5.75 Å². The van der Waals surface area contributed by atoms with Crippen LogP contribution in [0.3, 0.4) is 0 Å². The predicted octanol–water partition coefficient (Wildman–Crippen LogP) is 4.56. The molecule has 0 aromatic heterocycles. The van der Waals surface area contributed by atoms with Crippen LogP contribution in [0.5, 0.6) is 5.75 Å². The van der Waals surface area contributed by atoms with E-state index in [1.54, 1.807) is 0 Å². The molecule has 18 heavy (non-hydrogen) atoms. The molecule has 0 N–H and O–H groups in total. The molecule has 0 aliphatic heterocycles. The predicted molar refractivity (Wildman–Crippen MR) is 76.6 cm³/mol. The van der Waals surface area contributed by atoms with Gasteiger partial charge in [-0.05, 0) is 37.6 Å². The zero-order valence-corrected chi connectivity index (χ0v) is 10.8. The van der Waals surface area contributed by atoms with Crippen LogP contribution in [0.4, 0.5) is 0 Å². The number of ether oxygens (including phenoxy) is 1. The van der Waals surface area contributed by atoms with Gasteiger partial charge in [0.25, 0.3) is 0 Å². The lowest BCUT2D eigenvalue weighted by molar-refractivity contribution is 0.163. The van der Waals surface area contributed by atoms with Crippen molar-refractivity contribution in [3.05, 3.63) is 72.3 Å². The Kier molecular flexibility index (Phi) is 3.83. The Morgan fingerprint density at radius 3 is 2.00 bits per heavy atom. The van der Waals surface area contributed by atoms with Gasteiger partial charge in [0, 0.05) is 0 Å². The van der Waals surface area contributed by atoms with E-state index in [2.05, 4.69) is 38.1 Å². The molecule has 0 unspecified atom stereocenters. The molecule has 0 heterocycles. The van der Waals surface area contributed by atoms with Crippen molar-refractivity contribution in [2.75, 3.05) is 0 Å². The van der Waals surface area contributed by atoms with Crippen LogP contribution in [0.1, 0.15) is 19.4 Å². The monoisotopic (exact) mass is 238 g/mol. The van der Waals surface area contributed by atoms with E-state index < -0.39 is 0 Å². The molecule has 1 nitrogen and oxygen atoms in total. The Hall–Kier alpha value is -2.02. The summed E-state index contributed by atoms with van der Waals surface area (Å²) in [6, 6.07) is 20.1. The molecule has 0 spiro atoms. The fourth-order valence-corrected chi connectivity index (χ4v) is 1.69. The normalized spacial score (nSPS) is 11.7. The molecule has 0 radical (unpaired) electrons. The van der Waals surface area contributed by atoms with E-state index in [9.17, 15) is 0 Å². The van der Waals surface area contributed by atoms with Gasteiger partial charge in [-0.1, -0.05) is 54.6 Å². The molecule has 2 rings (SSSR count). The van der Waals surface area contributed by atoms with Gasteiger partial charge in [-0.3, -0.25) is 0 Å². The van der Waals surface area contributed by atoms with Gasteiger partial charge in [0.1, 0.15) is 11.4 Å². The number of hydrogen-bond acceptors (Lipinski definition) is 1. The molecule has 0 atom stereocenters. The van der Waals surface area contributed by atoms with Gasteiger partial charge in [-0.15, -0.1) is 0 Å². The Bertz CT molecular complexity index is 498. The molecule has 1 heteroatoms. The van der Waals surface area contributed by atoms with Crippen LogP contribution in [-0.2, 0) is 0 Å². The molecule has 0 aliphatic rings. The average molecular weight is 238 g/mol. The van der Waals surface area contributed by atoms with Gasteiger partial charge >= 0.3 is 0 Å². The zero-order valence-electron chi connectivity index (χ0n) is 10.8. The second-order valence-corrected chi connectivity index (χ2v) is 4.76. The topological polar surface area (TPSA) is 9.23 Å². The SMILES string of the molecule is CC(C)(/C=C/c1ccccc1)Oc1ccccc1. The molecule has 92 valence electrons. The molecular formula is C17H18O. The molecule has 0 bridgehead atoms. The fraction of sp³-hybridized carbons (Fsp3) is 0.176. The Balaban J connectivity index is 2.06. The van der Waals surface area contributed by atoms with Gasteiger partial charge in [0.05, 0.1) is 0 Å². The van der Waals surface area contributed by atoms with Crippen molar-refractivity contribution in [2.45, 2.75) is 19.4 Å². The molecule has 0 saturated heterocycles. The third-order valence-corrected chi connectivity index (χ3v) is 2.60. The number of hydrogen-bond donors (Lipinski definition) is 0. The van der Waals surface area contributed by atoms with E-state index in [1.165, 1.54) is 5.56 Å². The van der Waals surface area contributed by atoms with Crippen LogP contribution in [0, 0.1) is 0 Å². The third kappa shape index (κ3) is 3.77. The highest BCUT2D eigenvalue weighted by Crippen LogP contribution is 2.19. The number of para-hydroxylation sites is 1. The summed E-state index contributed by atoms with van der Waals surface area (Å²) in [6.07, 6.45) is 4.16. The highest BCUT2D eigenvalue weighted by Gasteiger charge is 2.15. The van der Waals surface area contributed by atoms with Crippen molar-refractivity contribution in [2.24, 2.45) is 0 Å². The van der Waals surface area contributed by atoms with Gasteiger partial charge < -0.3 is 4.74 Å². The van der Waals surface area contributed by atoms with Crippen LogP contribution in [0.15, 0.2) is 66.7 Å². The lowest BCUT2D eigenvalue weighted by Crippen LogP contribution is -2.24. The van der Waals surface area contributed by atoms with Gasteiger partial charge in [0.15, 0.2) is 0 Å². The average Bonchev–Trinajstić information content (AvgIpc) is 2.38. The maximum absolute atomic E-state index is 5.94. The van der Waals surface area contributed by atoms with Crippen LogP contribution in [0.2, 0.25) is 0 Å². The van der Waals surface area contributed by atoms with Crippen molar-refractivity contribution >= 4 is 6.08 Å². The Morgan fingerprint density at radius 1 is 0.833 bits per heavy atom. The van der Waals surface area contributed by atoms with E-state index in [0.29, 0.717) is 0 Å². The molecular weight excluding hydrogens is 220 g/mol.